The molecule has 0 aromatic carbocycles. The van der Waals surface area contributed by atoms with Gasteiger partial charge in [0.25, 0.3) is 5.91 Å². The number of imidazole rings is 1. The van der Waals surface area contributed by atoms with Crippen molar-refractivity contribution in [2.24, 2.45) is 0 Å². The first-order valence-electron chi connectivity index (χ1n) is 8.04. The van der Waals surface area contributed by atoms with Crippen LogP contribution < -0.4 is 5.32 Å². The molecular weight excluding hydrogens is 426 g/mol. The number of hydrogen-bond donors (Lipinski definition) is 1. The van der Waals surface area contributed by atoms with Crippen LogP contribution in [0.4, 0.5) is 32.2 Å². The lowest BCUT2D eigenvalue weighted by molar-refractivity contribution is -0.138. The number of alkyl halides is 6. The molecular formula is C17H11ClF6N4O. The lowest BCUT2D eigenvalue weighted by Crippen LogP contribution is -2.18. The fraction of sp³-hybridized carbons (Fsp3) is 0.235. The number of nitrogens with one attached hydrogen (secondary N) is 1. The van der Waals surface area contributed by atoms with Crippen molar-refractivity contribution in [2.75, 3.05) is 5.32 Å². The summed E-state index contributed by atoms with van der Waals surface area (Å²) in [6, 6.07) is 2.35. The monoisotopic (exact) mass is 436 g/mol. The maximum atomic E-state index is 13.1. The number of aryl methyl sites for hydroxylation is 1. The molecule has 12 heteroatoms. The van der Waals surface area contributed by atoms with Gasteiger partial charge in [-0.3, -0.25) is 9.20 Å². The molecule has 0 aliphatic rings. The predicted molar refractivity (Wildman–Crippen MR) is 91.8 cm³/mol. The number of aromatic nitrogens is 3. The lowest BCUT2D eigenvalue weighted by Gasteiger charge is -2.11. The molecule has 0 radical (unpaired) electrons. The number of nitrogens with zero attached hydrogens (tertiary/aromatic N) is 3. The van der Waals surface area contributed by atoms with E-state index in [1.54, 1.807) is 6.92 Å². The highest BCUT2D eigenvalue weighted by Crippen LogP contribution is 2.33. The second-order valence-electron chi connectivity index (χ2n) is 5.91. The molecule has 29 heavy (non-hydrogen) atoms. The van der Waals surface area contributed by atoms with Crippen molar-refractivity contribution in [3.8, 4) is 0 Å². The number of carbonyl (C=O) groups is 1. The SMILES string of the molecule is CCc1nc2c(Cl)cc(C(F)(F)F)cn2c1C(=O)Nc1ccc(C(F)(F)F)cn1. The fourth-order valence-corrected chi connectivity index (χ4v) is 2.86. The molecule has 0 atom stereocenters. The van der Waals surface area contributed by atoms with Gasteiger partial charge in [0.05, 0.1) is 21.8 Å². The number of anilines is 1. The molecule has 0 saturated heterocycles. The van der Waals surface area contributed by atoms with E-state index >= 15 is 0 Å². The van der Waals surface area contributed by atoms with E-state index in [1.807, 2.05) is 0 Å². The first-order valence-corrected chi connectivity index (χ1v) is 8.42. The zero-order valence-electron chi connectivity index (χ0n) is 14.5. The number of amides is 1. The van der Waals surface area contributed by atoms with Gasteiger partial charge in [-0.15, -0.1) is 0 Å². The van der Waals surface area contributed by atoms with Gasteiger partial charge in [-0.25, -0.2) is 9.97 Å². The summed E-state index contributed by atoms with van der Waals surface area (Å²) in [7, 11) is 0. The predicted octanol–water partition coefficient (Wildman–Crippen LogP) is 5.24. The molecule has 1 N–H and O–H groups in total. The maximum absolute atomic E-state index is 13.1. The van der Waals surface area contributed by atoms with Crippen molar-refractivity contribution in [3.63, 3.8) is 0 Å². The number of halogens is 7. The minimum absolute atomic E-state index is 0.0537. The Bertz CT molecular complexity index is 1070. The molecule has 0 aliphatic heterocycles. The minimum atomic E-state index is -4.71. The van der Waals surface area contributed by atoms with E-state index in [0.717, 1.165) is 16.5 Å². The Morgan fingerprint density at radius 2 is 1.79 bits per heavy atom. The highest BCUT2D eigenvalue weighted by atomic mass is 35.5. The third kappa shape index (κ3) is 4.14. The van der Waals surface area contributed by atoms with Crippen LogP contribution in [0.5, 0.6) is 0 Å². The Hall–Kier alpha value is -2.82. The smallest absolute Gasteiger partial charge is 0.305 e. The Labute approximate surface area is 164 Å². The zero-order chi connectivity index (χ0) is 21.6. The molecule has 0 unspecified atom stereocenters. The topological polar surface area (TPSA) is 59.3 Å². The normalized spacial score (nSPS) is 12.4. The summed E-state index contributed by atoms with van der Waals surface area (Å²) in [5.41, 5.74) is -2.22. The second kappa shape index (κ2) is 7.21. The van der Waals surface area contributed by atoms with Gasteiger partial charge in [0.1, 0.15) is 11.5 Å². The van der Waals surface area contributed by atoms with Crippen LogP contribution in [0.2, 0.25) is 5.02 Å². The van der Waals surface area contributed by atoms with E-state index in [4.69, 9.17) is 11.6 Å². The van der Waals surface area contributed by atoms with Gasteiger partial charge < -0.3 is 5.32 Å². The standard InChI is InChI=1S/C17H11ClF6N4O/c1-2-11-13(15(29)27-12-4-3-8(6-25-12)16(19,20)21)28-7-9(17(22,23)24)5-10(18)14(28)26-11/h3-7H,2H2,1H3,(H,25,27,29). The summed E-state index contributed by atoms with van der Waals surface area (Å²) >= 11 is 5.90. The third-order valence-electron chi connectivity index (χ3n) is 3.96. The molecule has 0 spiro atoms. The number of carbonyl (C=O) groups excluding carboxylic acids is 1. The van der Waals surface area contributed by atoms with E-state index in [1.165, 1.54) is 0 Å². The number of rotatable bonds is 3. The van der Waals surface area contributed by atoms with E-state index in [9.17, 15) is 31.1 Å². The summed E-state index contributed by atoms with van der Waals surface area (Å²) in [5, 5.41) is 1.96. The van der Waals surface area contributed by atoms with Gasteiger partial charge in [0.15, 0.2) is 5.65 Å². The van der Waals surface area contributed by atoms with E-state index in [2.05, 4.69) is 15.3 Å². The van der Waals surface area contributed by atoms with Gasteiger partial charge >= 0.3 is 12.4 Å². The third-order valence-corrected chi connectivity index (χ3v) is 4.24. The summed E-state index contributed by atoms with van der Waals surface area (Å²) in [4.78, 5) is 20.3. The van der Waals surface area contributed by atoms with Gasteiger partial charge in [0, 0.05) is 12.4 Å². The molecule has 5 nitrogen and oxygen atoms in total. The van der Waals surface area contributed by atoms with Crippen molar-refractivity contribution in [1.82, 2.24) is 14.4 Å². The Balaban J connectivity index is 2.03. The zero-order valence-corrected chi connectivity index (χ0v) is 15.2. The average molecular weight is 437 g/mol. The van der Waals surface area contributed by atoms with Gasteiger partial charge in [-0.05, 0) is 24.6 Å². The molecule has 0 saturated carbocycles. The molecule has 0 aliphatic carbocycles. The van der Waals surface area contributed by atoms with E-state index in [-0.39, 0.29) is 34.3 Å². The second-order valence-corrected chi connectivity index (χ2v) is 6.32. The van der Waals surface area contributed by atoms with Crippen LogP contribution in [-0.2, 0) is 18.8 Å². The highest BCUT2D eigenvalue weighted by molar-refractivity contribution is 6.33. The Kier molecular flexibility index (Phi) is 5.20. The summed E-state index contributed by atoms with van der Waals surface area (Å²) in [6.07, 6.45) is -7.90. The van der Waals surface area contributed by atoms with Crippen LogP contribution in [0.15, 0.2) is 30.6 Å². The van der Waals surface area contributed by atoms with Crippen LogP contribution in [0.3, 0.4) is 0 Å². The maximum Gasteiger partial charge on any atom is 0.417 e. The van der Waals surface area contributed by atoms with Crippen LogP contribution in [-0.4, -0.2) is 20.3 Å². The molecule has 3 aromatic heterocycles. The van der Waals surface area contributed by atoms with E-state index in [0.29, 0.717) is 18.5 Å². The molecule has 3 rings (SSSR count). The Morgan fingerprint density at radius 1 is 1.14 bits per heavy atom. The molecule has 0 bridgehead atoms. The van der Waals surface area contributed by atoms with Gasteiger partial charge in [-0.2, -0.15) is 26.3 Å². The number of fused-ring (bicyclic) bond motifs is 1. The summed E-state index contributed by atoms with van der Waals surface area (Å²) < 4.78 is 78.0. The lowest BCUT2D eigenvalue weighted by atomic mass is 10.2. The molecule has 3 heterocycles. The highest BCUT2D eigenvalue weighted by Gasteiger charge is 2.33. The first-order chi connectivity index (χ1) is 13.4. The fourth-order valence-electron chi connectivity index (χ4n) is 2.60. The van der Waals surface area contributed by atoms with Gasteiger partial charge in [-0.1, -0.05) is 18.5 Å². The molecule has 3 aromatic rings. The minimum Gasteiger partial charge on any atom is -0.305 e. The van der Waals surface area contributed by atoms with Crippen molar-refractivity contribution in [1.29, 1.82) is 0 Å². The largest absolute Gasteiger partial charge is 0.417 e. The van der Waals surface area contributed by atoms with E-state index < -0.39 is 29.4 Å². The molecule has 154 valence electrons. The van der Waals surface area contributed by atoms with Crippen molar-refractivity contribution in [3.05, 3.63) is 58.1 Å². The average Bonchev–Trinajstić information content (AvgIpc) is 3.00. The first kappa shape index (κ1) is 20.9. The van der Waals surface area contributed by atoms with Crippen LogP contribution in [0, 0.1) is 0 Å². The summed E-state index contributed by atoms with van der Waals surface area (Å²) in [6.45, 7) is 1.63. The summed E-state index contributed by atoms with van der Waals surface area (Å²) in [5.74, 6) is -1.10. The van der Waals surface area contributed by atoms with Crippen LogP contribution in [0.25, 0.3) is 5.65 Å². The number of hydrogen-bond acceptors (Lipinski definition) is 3. The quantitative estimate of drug-likeness (QED) is 0.572. The van der Waals surface area contributed by atoms with Gasteiger partial charge in [0.2, 0.25) is 0 Å². The van der Waals surface area contributed by atoms with Crippen molar-refractivity contribution in [2.45, 2.75) is 25.7 Å². The Morgan fingerprint density at radius 3 is 2.31 bits per heavy atom. The van der Waals surface area contributed by atoms with Crippen LogP contribution in [0.1, 0.15) is 34.2 Å². The molecule has 0 fully saturated rings. The number of pyridine rings is 2. The molecule has 1 amide bonds. The van der Waals surface area contributed by atoms with Crippen molar-refractivity contribution >= 4 is 29.0 Å². The van der Waals surface area contributed by atoms with Crippen molar-refractivity contribution < 1.29 is 31.1 Å². The van der Waals surface area contributed by atoms with Crippen LogP contribution >= 0.6 is 11.6 Å².